The monoisotopic (exact) mass is 272 g/mol. The fraction of sp³-hybridized carbons (Fsp3) is 0. The van der Waals surface area contributed by atoms with Crippen LogP contribution in [0.1, 0.15) is 0 Å². The largest absolute Gasteiger partial charge is 0.506 e. The van der Waals surface area contributed by atoms with Crippen LogP contribution in [0.4, 0.5) is 5.69 Å². The van der Waals surface area contributed by atoms with Crippen molar-refractivity contribution < 1.29 is 5.11 Å². The summed E-state index contributed by atoms with van der Waals surface area (Å²) in [5.74, 6) is 0.104. The third-order valence-corrected chi connectivity index (χ3v) is 2.55. The molecule has 1 aromatic heterocycles. The van der Waals surface area contributed by atoms with Gasteiger partial charge in [0.05, 0.1) is 5.69 Å². The van der Waals surface area contributed by atoms with E-state index in [2.05, 4.69) is 4.98 Å². The van der Waals surface area contributed by atoms with Gasteiger partial charge in [0.25, 0.3) is 0 Å². The highest BCUT2D eigenvalue weighted by Crippen LogP contribution is 2.32. The molecule has 0 aliphatic heterocycles. The summed E-state index contributed by atoms with van der Waals surface area (Å²) in [6.07, 6.45) is 1.71. The lowest BCUT2D eigenvalue weighted by atomic mass is 10.2. The Kier molecular flexibility index (Phi) is 3.49. The summed E-state index contributed by atoms with van der Waals surface area (Å²) in [6.45, 7) is 0. The standard InChI is InChI=1S/C9H8N2OS.BrH/c10-8-6(2-1-3-7(8)12)9-11-4-5-13-9;/h1-5,12H,10H2;1H. The topological polar surface area (TPSA) is 59.1 Å². The van der Waals surface area contributed by atoms with Gasteiger partial charge in [-0.05, 0) is 12.1 Å². The molecule has 1 heterocycles. The molecule has 0 saturated heterocycles. The molecule has 1 aromatic carbocycles. The van der Waals surface area contributed by atoms with Crippen LogP contribution in [0.15, 0.2) is 29.8 Å². The first-order chi connectivity index (χ1) is 6.29. The van der Waals surface area contributed by atoms with Gasteiger partial charge >= 0.3 is 0 Å². The smallest absolute Gasteiger partial charge is 0.139 e. The normalized spacial score (nSPS) is 9.43. The molecule has 0 aliphatic carbocycles. The molecule has 3 nitrogen and oxygen atoms in total. The number of phenolic OH excluding ortho intramolecular Hbond substituents is 1. The number of hydrogen-bond donors (Lipinski definition) is 2. The lowest BCUT2D eigenvalue weighted by Gasteiger charge is -2.03. The summed E-state index contributed by atoms with van der Waals surface area (Å²) in [6, 6.07) is 5.16. The van der Waals surface area contributed by atoms with Crippen molar-refractivity contribution in [2.24, 2.45) is 0 Å². The van der Waals surface area contributed by atoms with Gasteiger partial charge in [-0.3, -0.25) is 0 Å². The van der Waals surface area contributed by atoms with Gasteiger partial charge in [-0.15, -0.1) is 28.3 Å². The first-order valence-corrected chi connectivity index (χ1v) is 4.64. The van der Waals surface area contributed by atoms with Crippen molar-refractivity contribution in [2.45, 2.75) is 0 Å². The van der Waals surface area contributed by atoms with Gasteiger partial charge in [-0.2, -0.15) is 0 Å². The van der Waals surface area contributed by atoms with Gasteiger partial charge in [-0.1, -0.05) is 6.07 Å². The van der Waals surface area contributed by atoms with E-state index in [1.165, 1.54) is 11.3 Å². The zero-order valence-electron chi connectivity index (χ0n) is 7.18. The van der Waals surface area contributed by atoms with Crippen molar-refractivity contribution >= 4 is 34.0 Å². The van der Waals surface area contributed by atoms with Gasteiger partial charge in [-0.25, -0.2) is 4.98 Å². The molecule has 0 amide bonds. The zero-order valence-corrected chi connectivity index (χ0v) is 9.70. The number of halogens is 1. The van der Waals surface area contributed by atoms with Crippen LogP contribution in [0.25, 0.3) is 10.6 Å². The predicted molar refractivity (Wildman–Crippen MR) is 63.9 cm³/mol. The Hall–Kier alpha value is -1.07. The van der Waals surface area contributed by atoms with Crippen molar-refractivity contribution in [1.29, 1.82) is 0 Å². The lowest BCUT2D eigenvalue weighted by molar-refractivity contribution is 0.478. The summed E-state index contributed by atoms with van der Waals surface area (Å²) in [5.41, 5.74) is 6.86. The van der Waals surface area contributed by atoms with Crippen molar-refractivity contribution in [1.82, 2.24) is 4.98 Å². The molecule has 3 N–H and O–H groups in total. The average molecular weight is 273 g/mol. The van der Waals surface area contributed by atoms with Gasteiger partial charge < -0.3 is 10.8 Å². The Balaban J connectivity index is 0.000000980. The quantitative estimate of drug-likeness (QED) is 0.620. The van der Waals surface area contributed by atoms with Crippen molar-refractivity contribution in [3.05, 3.63) is 29.8 Å². The van der Waals surface area contributed by atoms with Crippen molar-refractivity contribution in [2.75, 3.05) is 5.73 Å². The van der Waals surface area contributed by atoms with Crippen molar-refractivity contribution in [3.63, 3.8) is 0 Å². The van der Waals surface area contributed by atoms with Crippen molar-refractivity contribution in [3.8, 4) is 16.3 Å². The second-order valence-electron chi connectivity index (χ2n) is 2.58. The Morgan fingerprint density at radius 1 is 1.36 bits per heavy atom. The summed E-state index contributed by atoms with van der Waals surface area (Å²) in [5, 5.41) is 12.1. The van der Waals surface area contributed by atoms with E-state index in [0.29, 0.717) is 5.69 Å². The fourth-order valence-electron chi connectivity index (χ4n) is 1.10. The summed E-state index contributed by atoms with van der Waals surface area (Å²) in [4.78, 5) is 4.12. The molecule has 0 radical (unpaired) electrons. The van der Waals surface area contributed by atoms with Crippen LogP contribution in [0.2, 0.25) is 0 Å². The molecule has 0 bridgehead atoms. The highest BCUT2D eigenvalue weighted by Gasteiger charge is 2.07. The van der Waals surface area contributed by atoms with Gasteiger partial charge in [0.15, 0.2) is 0 Å². The van der Waals surface area contributed by atoms with Crippen LogP contribution in [0.5, 0.6) is 5.75 Å². The molecule has 2 aromatic rings. The summed E-state index contributed by atoms with van der Waals surface area (Å²) in [7, 11) is 0. The fourth-order valence-corrected chi connectivity index (χ4v) is 1.77. The second-order valence-corrected chi connectivity index (χ2v) is 3.47. The van der Waals surface area contributed by atoms with E-state index >= 15 is 0 Å². The number of nitrogens with zero attached hydrogens (tertiary/aromatic N) is 1. The number of nitrogens with two attached hydrogens (primary N) is 1. The summed E-state index contributed by atoms with van der Waals surface area (Å²) >= 11 is 1.50. The Morgan fingerprint density at radius 3 is 2.79 bits per heavy atom. The van der Waals surface area contributed by atoms with Crippen LogP contribution in [-0.2, 0) is 0 Å². The maximum Gasteiger partial charge on any atom is 0.139 e. The van der Waals surface area contributed by atoms with E-state index in [0.717, 1.165) is 10.6 Å². The maximum absolute atomic E-state index is 9.35. The number of thiazole rings is 1. The van der Waals surface area contributed by atoms with E-state index in [4.69, 9.17) is 5.73 Å². The molecule has 14 heavy (non-hydrogen) atoms. The first-order valence-electron chi connectivity index (χ1n) is 3.76. The Bertz CT molecular complexity index is 417. The third-order valence-electron chi connectivity index (χ3n) is 1.75. The molecular formula is C9H9BrN2OS. The highest BCUT2D eigenvalue weighted by atomic mass is 79.9. The second kappa shape index (κ2) is 4.43. The van der Waals surface area contributed by atoms with Gasteiger partial charge in [0.1, 0.15) is 10.8 Å². The minimum absolute atomic E-state index is 0. The zero-order chi connectivity index (χ0) is 9.26. The molecule has 2 rings (SSSR count). The number of phenols is 1. The maximum atomic E-state index is 9.35. The Labute approximate surface area is 96.0 Å². The highest BCUT2D eigenvalue weighted by molar-refractivity contribution is 8.93. The molecular weight excluding hydrogens is 264 g/mol. The van der Waals surface area contributed by atoms with E-state index < -0.39 is 0 Å². The van der Waals surface area contributed by atoms with Crippen LogP contribution in [0, 0.1) is 0 Å². The molecule has 0 unspecified atom stereocenters. The molecule has 5 heteroatoms. The number of aromatic nitrogens is 1. The Morgan fingerprint density at radius 2 is 2.14 bits per heavy atom. The van der Waals surface area contributed by atoms with Crippen LogP contribution < -0.4 is 5.73 Å². The minimum Gasteiger partial charge on any atom is -0.506 e. The predicted octanol–water partition coefficient (Wildman–Crippen LogP) is 2.68. The SMILES string of the molecule is Br.Nc1c(O)cccc1-c1nccs1. The van der Waals surface area contributed by atoms with Crippen LogP contribution in [0.3, 0.4) is 0 Å². The third kappa shape index (κ3) is 1.88. The minimum atomic E-state index is 0. The van der Waals surface area contributed by atoms with Gasteiger partial charge in [0.2, 0.25) is 0 Å². The number of nitrogen functional groups attached to an aromatic ring is 1. The molecule has 0 atom stereocenters. The average Bonchev–Trinajstić information content (AvgIpc) is 2.62. The number of hydrogen-bond acceptors (Lipinski definition) is 4. The number of benzene rings is 1. The van der Waals surface area contributed by atoms with E-state index in [9.17, 15) is 5.11 Å². The molecule has 74 valence electrons. The van der Waals surface area contributed by atoms with E-state index in [1.54, 1.807) is 18.3 Å². The number of aromatic hydroxyl groups is 1. The van der Waals surface area contributed by atoms with Crippen LogP contribution in [-0.4, -0.2) is 10.1 Å². The molecule has 0 fully saturated rings. The number of para-hydroxylation sites is 1. The number of anilines is 1. The summed E-state index contributed by atoms with van der Waals surface area (Å²) < 4.78 is 0. The van der Waals surface area contributed by atoms with Gasteiger partial charge in [0, 0.05) is 17.1 Å². The molecule has 0 saturated carbocycles. The van der Waals surface area contributed by atoms with Crippen LogP contribution >= 0.6 is 28.3 Å². The van der Waals surface area contributed by atoms with E-state index in [1.807, 2.05) is 11.4 Å². The molecule has 0 spiro atoms. The van der Waals surface area contributed by atoms with E-state index in [-0.39, 0.29) is 22.7 Å². The molecule has 0 aliphatic rings. The number of rotatable bonds is 1. The first kappa shape index (κ1) is 11.0. The lowest BCUT2D eigenvalue weighted by Crippen LogP contribution is -1.89.